The molecule has 2 rings (SSSR count). The van der Waals surface area contributed by atoms with Crippen molar-refractivity contribution in [3.8, 4) is 0 Å². The van der Waals surface area contributed by atoms with Gasteiger partial charge in [-0.1, -0.05) is 42.0 Å². The Labute approximate surface area is 100 Å². The average molecular weight is 222 g/mol. The third-order valence-corrected chi connectivity index (χ3v) is 1.88. The highest BCUT2D eigenvalue weighted by molar-refractivity contribution is 5.48. The highest BCUT2D eigenvalue weighted by Gasteiger charge is 1.98. The molecule has 0 aromatic carbocycles. The van der Waals surface area contributed by atoms with Crippen LogP contribution in [0.5, 0.6) is 0 Å². The van der Waals surface area contributed by atoms with E-state index >= 15 is 0 Å². The van der Waals surface area contributed by atoms with Gasteiger partial charge in [-0.15, -0.1) is 0 Å². The van der Waals surface area contributed by atoms with E-state index in [0.717, 1.165) is 12.1 Å². The van der Waals surface area contributed by atoms with Crippen LogP contribution in [0, 0.1) is 0 Å². The molecule has 0 aliphatic heterocycles. The molecule has 92 valence electrons. The molecule has 2 aromatic heterocycles. The van der Waals surface area contributed by atoms with Gasteiger partial charge < -0.3 is 4.40 Å². The van der Waals surface area contributed by atoms with Crippen LogP contribution in [0.25, 0.3) is 5.65 Å². The number of fused-ring (bicyclic) bond motifs is 1. The van der Waals surface area contributed by atoms with Crippen molar-refractivity contribution in [1.82, 2.24) is 9.38 Å². The predicted molar refractivity (Wildman–Crippen MR) is 74.0 cm³/mol. The van der Waals surface area contributed by atoms with Gasteiger partial charge in [0.05, 0.1) is 0 Å². The molecule has 2 heteroatoms. The van der Waals surface area contributed by atoms with Crippen LogP contribution in [0.3, 0.4) is 0 Å². The molecule has 16 heavy (non-hydrogen) atoms. The summed E-state index contributed by atoms with van der Waals surface area (Å²) in [6.45, 7) is 10.1. The summed E-state index contributed by atoms with van der Waals surface area (Å²) in [5.41, 5.74) is 2.39. The number of nitrogens with zero attached hydrogens (tertiary/aromatic N) is 2. The van der Waals surface area contributed by atoms with Crippen LogP contribution in [0.1, 0.15) is 47.6 Å². The number of rotatable bonds is 1. The molecule has 0 saturated heterocycles. The standard InChI is InChI=1S/C9H10N2.2C2H6.CH4/c1-2-8-4-7-11-6-3-5-10-9(8)11;2*1-2;/h3-7H,2H2,1H3;2*1-2H3;1H4. The largest absolute Gasteiger partial charge is 0.308 e. The Hall–Kier alpha value is -1.31. The fraction of sp³-hybridized carbons (Fsp3) is 0.500. The van der Waals surface area contributed by atoms with Crippen LogP contribution in [-0.4, -0.2) is 9.38 Å². The molecule has 0 saturated carbocycles. The molecule has 2 aromatic rings. The molecular formula is C14H26N2. The zero-order chi connectivity index (χ0) is 11.7. The molecule has 2 heterocycles. The maximum atomic E-state index is 4.27. The van der Waals surface area contributed by atoms with Crippen molar-refractivity contribution in [3.05, 3.63) is 36.3 Å². The highest BCUT2D eigenvalue weighted by atomic mass is 15.0. The monoisotopic (exact) mass is 222 g/mol. The summed E-state index contributed by atoms with van der Waals surface area (Å²) in [5.74, 6) is 0. The van der Waals surface area contributed by atoms with Gasteiger partial charge in [0.25, 0.3) is 0 Å². The van der Waals surface area contributed by atoms with Crippen molar-refractivity contribution in [1.29, 1.82) is 0 Å². The first-order valence-electron chi connectivity index (χ1n) is 5.82. The average Bonchev–Trinajstić information content (AvgIpc) is 2.77. The summed E-state index contributed by atoms with van der Waals surface area (Å²) in [6.07, 6.45) is 6.94. The zero-order valence-corrected chi connectivity index (χ0v) is 10.5. The van der Waals surface area contributed by atoms with Crippen molar-refractivity contribution >= 4 is 5.65 Å². The summed E-state index contributed by atoms with van der Waals surface area (Å²) in [5, 5.41) is 0. The maximum absolute atomic E-state index is 4.27. The third-order valence-electron chi connectivity index (χ3n) is 1.88. The van der Waals surface area contributed by atoms with E-state index in [1.807, 2.05) is 56.8 Å². The van der Waals surface area contributed by atoms with Gasteiger partial charge in [0.15, 0.2) is 0 Å². The van der Waals surface area contributed by atoms with E-state index < -0.39 is 0 Å². The Bertz CT molecular complexity index is 364. The Morgan fingerprint density at radius 1 is 1.12 bits per heavy atom. The smallest absolute Gasteiger partial charge is 0.139 e. The second-order valence-electron chi connectivity index (χ2n) is 2.55. The molecule has 0 aliphatic rings. The van der Waals surface area contributed by atoms with E-state index in [1.54, 1.807) is 0 Å². The fourth-order valence-corrected chi connectivity index (χ4v) is 1.27. The van der Waals surface area contributed by atoms with Gasteiger partial charge in [0.1, 0.15) is 5.65 Å². The number of aryl methyl sites for hydroxylation is 1. The van der Waals surface area contributed by atoms with Gasteiger partial charge in [-0.3, -0.25) is 0 Å². The molecule has 0 spiro atoms. The Morgan fingerprint density at radius 2 is 1.75 bits per heavy atom. The van der Waals surface area contributed by atoms with Gasteiger partial charge in [0.2, 0.25) is 0 Å². The van der Waals surface area contributed by atoms with Gasteiger partial charge in [-0.2, -0.15) is 0 Å². The zero-order valence-electron chi connectivity index (χ0n) is 10.5. The predicted octanol–water partition coefficient (Wildman–Crippen LogP) is 4.59. The number of hydrogen-bond acceptors (Lipinski definition) is 1. The molecule has 0 atom stereocenters. The topological polar surface area (TPSA) is 17.3 Å². The van der Waals surface area contributed by atoms with E-state index in [9.17, 15) is 0 Å². The summed E-state index contributed by atoms with van der Waals surface area (Å²) in [7, 11) is 0. The summed E-state index contributed by atoms with van der Waals surface area (Å²) in [4.78, 5) is 4.27. The highest BCUT2D eigenvalue weighted by Crippen LogP contribution is 2.08. The molecule has 0 bridgehead atoms. The van der Waals surface area contributed by atoms with E-state index in [2.05, 4.69) is 18.0 Å². The van der Waals surface area contributed by atoms with Gasteiger partial charge in [-0.25, -0.2) is 4.98 Å². The van der Waals surface area contributed by atoms with Gasteiger partial charge >= 0.3 is 0 Å². The van der Waals surface area contributed by atoms with E-state index in [-0.39, 0.29) is 7.43 Å². The van der Waals surface area contributed by atoms with Crippen molar-refractivity contribution in [2.45, 2.75) is 48.5 Å². The molecular weight excluding hydrogens is 196 g/mol. The van der Waals surface area contributed by atoms with Crippen LogP contribution >= 0.6 is 0 Å². The molecule has 0 amide bonds. The normalized spacial score (nSPS) is 8.06. The molecule has 2 nitrogen and oxygen atoms in total. The first-order chi connectivity index (χ1) is 7.42. The molecule has 0 fully saturated rings. The summed E-state index contributed by atoms with van der Waals surface area (Å²) < 4.78 is 2.04. The van der Waals surface area contributed by atoms with Gasteiger partial charge in [0, 0.05) is 18.6 Å². The second-order valence-corrected chi connectivity index (χ2v) is 2.55. The minimum absolute atomic E-state index is 0. The lowest BCUT2D eigenvalue weighted by Gasteiger charge is -1.93. The first-order valence-corrected chi connectivity index (χ1v) is 5.82. The van der Waals surface area contributed by atoms with Crippen molar-refractivity contribution in [2.24, 2.45) is 0 Å². The molecule has 0 aliphatic carbocycles. The fourth-order valence-electron chi connectivity index (χ4n) is 1.27. The lowest BCUT2D eigenvalue weighted by atomic mass is 10.2. The molecule has 0 N–H and O–H groups in total. The number of hydrogen-bond donors (Lipinski definition) is 0. The van der Waals surface area contributed by atoms with Crippen LogP contribution in [0.4, 0.5) is 0 Å². The minimum Gasteiger partial charge on any atom is -0.308 e. The molecule has 0 unspecified atom stereocenters. The quantitative estimate of drug-likeness (QED) is 0.690. The Morgan fingerprint density at radius 3 is 2.31 bits per heavy atom. The van der Waals surface area contributed by atoms with Crippen molar-refractivity contribution in [3.63, 3.8) is 0 Å². The van der Waals surface area contributed by atoms with Crippen LogP contribution in [0.15, 0.2) is 30.7 Å². The minimum atomic E-state index is 0. The van der Waals surface area contributed by atoms with E-state index in [4.69, 9.17) is 0 Å². The molecule has 0 radical (unpaired) electrons. The van der Waals surface area contributed by atoms with Crippen LogP contribution < -0.4 is 0 Å². The summed E-state index contributed by atoms with van der Waals surface area (Å²) >= 11 is 0. The third kappa shape index (κ3) is 4.05. The van der Waals surface area contributed by atoms with E-state index in [0.29, 0.717) is 0 Å². The van der Waals surface area contributed by atoms with Crippen LogP contribution in [0.2, 0.25) is 0 Å². The van der Waals surface area contributed by atoms with Crippen LogP contribution in [-0.2, 0) is 6.42 Å². The lowest BCUT2D eigenvalue weighted by Crippen LogP contribution is -1.85. The number of aromatic nitrogens is 2. The van der Waals surface area contributed by atoms with Gasteiger partial charge in [-0.05, 0) is 24.1 Å². The Balaban J connectivity index is 0. The first kappa shape index (κ1) is 17.1. The Kier molecular flexibility index (Phi) is 10.9. The SMILES string of the molecule is C.CC.CC.CCc1ccn2cccnc12. The maximum Gasteiger partial charge on any atom is 0.139 e. The lowest BCUT2D eigenvalue weighted by molar-refractivity contribution is 1.10. The van der Waals surface area contributed by atoms with Crippen molar-refractivity contribution in [2.75, 3.05) is 0 Å². The second kappa shape index (κ2) is 10.2. The van der Waals surface area contributed by atoms with Crippen molar-refractivity contribution < 1.29 is 0 Å². The van der Waals surface area contributed by atoms with E-state index in [1.165, 1.54) is 5.56 Å². The summed E-state index contributed by atoms with van der Waals surface area (Å²) in [6, 6.07) is 4.05.